The molecule has 1 aromatic carbocycles. The van der Waals surface area contributed by atoms with Crippen LogP contribution in [0.15, 0.2) is 36.4 Å². The van der Waals surface area contributed by atoms with Gasteiger partial charge in [0, 0.05) is 25.9 Å². The third kappa shape index (κ3) is 7.18. The largest absolute Gasteiger partial charge is 0.497 e. The van der Waals surface area contributed by atoms with E-state index in [0.717, 1.165) is 41.2 Å². The summed E-state index contributed by atoms with van der Waals surface area (Å²) in [7, 11) is 1.66. The first-order chi connectivity index (χ1) is 16.8. The van der Waals surface area contributed by atoms with Crippen LogP contribution < -0.4 is 4.74 Å². The average Bonchev–Trinajstić information content (AvgIpc) is 2.83. The Balaban J connectivity index is 1.43. The maximum Gasteiger partial charge on any atom is 0.173 e. The van der Waals surface area contributed by atoms with E-state index in [4.69, 9.17) is 18.9 Å². The van der Waals surface area contributed by atoms with E-state index in [1.54, 1.807) is 7.11 Å². The molecule has 3 fully saturated rings. The predicted molar refractivity (Wildman–Crippen MR) is 142 cm³/mol. The number of hydrogen-bond donors (Lipinski definition) is 2. The fourth-order valence-electron chi connectivity index (χ4n) is 5.26. The lowest BCUT2D eigenvalue weighted by atomic mass is 9.88. The topological polar surface area (TPSA) is 77.4 Å². The van der Waals surface area contributed by atoms with Crippen LogP contribution in [0.3, 0.4) is 0 Å². The van der Waals surface area contributed by atoms with Crippen LogP contribution in [0.25, 0.3) is 0 Å². The van der Waals surface area contributed by atoms with Crippen molar-refractivity contribution in [2.24, 2.45) is 5.92 Å². The van der Waals surface area contributed by atoms with Gasteiger partial charge >= 0.3 is 0 Å². The van der Waals surface area contributed by atoms with Crippen molar-refractivity contribution in [1.82, 2.24) is 0 Å². The molecule has 0 aromatic heterocycles. The number of rotatable bonds is 9. The molecule has 8 heteroatoms. The first kappa shape index (κ1) is 27.3. The molecule has 3 saturated heterocycles. The lowest BCUT2D eigenvalue weighted by Crippen LogP contribution is -2.58. The molecular formula is C27H40O6S2. The van der Waals surface area contributed by atoms with Crippen molar-refractivity contribution >= 4 is 23.5 Å². The molecular weight excluding hydrogens is 484 g/mol. The second kappa shape index (κ2) is 12.2. The minimum Gasteiger partial charge on any atom is -0.497 e. The van der Waals surface area contributed by atoms with Crippen molar-refractivity contribution in [2.75, 3.05) is 31.8 Å². The Labute approximate surface area is 218 Å². The quantitative estimate of drug-likeness (QED) is 0.448. The van der Waals surface area contributed by atoms with E-state index in [0.29, 0.717) is 32.5 Å². The van der Waals surface area contributed by atoms with E-state index in [2.05, 4.69) is 6.58 Å². The number of thioether (sulfide) groups is 2. The maximum absolute atomic E-state index is 10.9. The molecule has 0 unspecified atom stereocenters. The summed E-state index contributed by atoms with van der Waals surface area (Å²) in [6.07, 6.45) is 3.86. The van der Waals surface area contributed by atoms with Crippen molar-refractivity contribution < 1.29 is 29.2 Å². The van der Waals surface area contributed by atoms with E-state index in [1.165, 1.54) is 6.42 Å². The summed E-state index contributed by atoms with van der Waals surface area (Å²) in [5, 5.41) is 20.5. The third-order valence-electron chi connectivity index (χ3n) is 7.13. The maximum atomic E-state index is 10.9. The Morgan fingerprint density at radius 1 is 1.17 bits per heavy atom. The highest BCUT2D eigenvalue weighted by atomic mass is 32.2. The number of hydrogen-bond acceptors (Lipinski definition) is 8. The van der Waals surface area contributed by atoms with Crippen LogP contribution >= 0.6 is 23.5 Å². The van der Waals surface area contributed by atoms with E-state index in [9.17, 15) is 10.2 Å². The van der Waals surface area contributed by atoms with Crippen LogP contribution in [0.4, 0.5) is 0 Å². The summed E-state index contributed by atoms with van der Waals surface area (Å²) in [5.74, 6) is 2.31. The molecule has 2 spiro atoms. The summed E-state index contributed by atoms with van der Waals surface area (Å²) in [5.41, 5.74) is 2.07. The van der Waals surface area contributed by atoms with Gasteiger partial charge in [-0.15, -0.1) is 23.5 Å². The molecule has 0 saturated carbocycles. The highest BCUT2D eigenvalue weighted by Gasteiger charge is 2.54. The van der Waals surface area contributed by atoms with Crippen molar-refractivity contribution in [1.29, 1.82) is 0 Å². The molecule has 1 aromatic rings. The molecule has 2 N–H and O–H groups in total. The van der Waals surface area contributed by atoms with Gasteiger partial charge in [0.2, 0.25) is 0 Å². The van der Waals surface area contributed by atoms with Gasteiger partial charge in [-0.3, -0.25) is 0 Å². The molecule has 5 atom stereocenters. The third-order valence-corrected chi connectivity index (χ3v) is 10.5. The van der Waals surface area contributed by atoms with Crippen LogP contribution in [-0.2, 0) is 20.8 Å². The number of methoxy groups -OCH3 is 1. The lowest BCUT2D eigenvalue weighted by molar-refractivity contribution is -0.331. The van der Waals surface area contributed by atoms with Gasteiger partial charge in [-0.2, -0.15) is 0 Å². The monoisotopic (exact) mass is 524 g/mol. The van der Waals surface area contributed by atoms with Gasteiger partial charge in [-0.1, -0.05) is 31.2 Å². The Bertz CT molecular complexity index is 827. The summed E-state index contributed by atoms with van der Waals surface area (Å²) >= 11 is 4.04. The molecule has 35 heavy (non-hydrogen) atoms. The van der Waals surface area contributed by atoms with Gasteiger partial charge in [-0.05, 0) is 54.4 Å². The minimum absolute atomic E-state index is 0.0233. The van der Waals surface area contributed by atoms with E-state index in [-0.39, 0.29) is 28.8 Å². The number of aliphatic hydroxyl groups excluding tert-OH is 2. The molecule has 3 aliphatic rings. The smallest absolute Gasteiger partial charge is 0.173 e. The Hall–Kier alpha value is -0.740. The van der Waals surface area contributed by atoms with Gasteiger partial charge in [0.05, 0.1) is 42.7 Å². The summed E-state index contributed by atoms with van der Waals surface area (Å²) in [4.78, 5) is 0. The fourth-order valence-corrected chi connectivity index (χ4v) is 8.85. The molecule has 3 heterocycles. The number of benzene rings is 1. The predicted octanol–water partition coefficient (Wildman–Crippen LogP) is 4.77. The standard InChI is InChI=1S/C27H40O6S2/c1-19(20(2)15-28)11-24-14-27(34-9-4-10-35-27)18-26(32-24)13-22(29)12-25(33-26)17-31-16-21-5-7-23(30-3)8-6-21/h5-8,20,22,24-25,28-29H,1,4,9-18H2,2-3H3/t20-,22-,24-,25+,26-/m0/s1. The second-order valence-corrected chi connectivity index (χ2v) is 13.4. The number of ether oxygens (including phenoxy) is 4. The summed E-state index contributed by atoms with van der Waals surface area (Å²) in [6, 6.07) is 7.84. The number of aliphatic hydroxyl groups is 2. The van der Waals surface area contributed by atoms with E-state index < -0.39 is 11.9 Å². The highest BCUT2D eigenvalue weighted by molar-refractivity contribution is 8.18. The Kier molecular flexibility index (Phi) is 9.52. The zero-order valence-electron chi connectivity index (χ0n) is 20.9. The zero-order chi connectivity index (χ0) is 24.9. The first-order valence-electron chi connectivity index (χ1n) is 12.6. The molecule has 196 valence electrons. The van der Waals surface area contributed by atoms with Gasteiger partial charge in [0.1, 0.15) is 5.75 Å². The zero-order valence-corrected chi connectivity index (χ0v) is 22.6. The van der Waals surface area contributed by atoms with Gasteiger partial charge in [0.25, 0.3) is 0 Å². The Morgan fingerprint density at radius 2 is 1.89 bits per heavy atom. The Morgan fingerprint density at radius 3 is 2.57 bits per heavy atom. The van der Waals surface area contributed by atoms with Gasteiger partial charge in [0.15, 0.2) is 5.79 Å². The minimum atomic E-state index is -0.825. The van der Waals surface area contributed by atoms with E-state index >= 15 is 0 Å². The molecule has 6 nitrogen and oxygen atoms in total. The van der Waals surface area contributed by atoms with Crippen molar-refractivity contribution in [2.45, 2.75) is 80.2 Å². The molecule has 3 aliphatic heterocycles. The molecule has 0 radical (unpaired) electrons. The van der Waals surface area contributed by atoms with Crippen molar-refractivity contribution in [3.8, 4) is 5.75 Å². The normalized spacial score (nSPS) is 31.4. The van der Waals surface area contributed by atoms with Gasteiger partial charge in [-0.25, -0.2) is 0 Å². The average molecular weight is 525 g/mol. The molecule has 4 rings (SSSR count). The highest BCUT2D eigenvalue weighted by Crippen LogP contribution is 2.57. The summed E-state index contributed by atoms with van der Waals surface area (Å²) < 4.78 is 24.6. The second-order valence-electron chi connectivity index (χ2n) is 10.1. The first-order valence-corrected chi connectivity index (χ1v) is 14.6. The van der Waals surface area contributed by atoms with Crippen molar-refractivity contribution in [3.63, 3.8) is 0 Å². The molecule has 0 aliphatic carbocycles. The van der Waals surface area contributed by atoms with Crippen LogP contribution in [0, 0.1) is 5.92 Å². The van der Waals surface area contributed by atoms with Crippen LogP contribution in [0.2, 0.25) is 0 Å². The van der Waals surface area contributed by atoms with Crippen LogP contribution in [0.1, 0.15) is 51.0 Å². The van der Waals surface area contributed by atoms with E-state index in [1.807, 2.05) is 54.7 Å². The molecule has 0 amide bonds. The lowest BCUT2D eigenvalue weighted by Gasteiger charge is -2.54. The van der Waals surface area contributed by atoms with Crippen LogP contribution in [-0.4, -0.2) is 70.2 Å². The SMILES string of the molecule is C=C(C[C@H]1CC2(C[C@@]3(C[C@@H](O)C[C@H](COCc4ccc(OC)cc4)O3)O1)SCCCS2)[C@@H](C)CO. The fraction of sp³-hybridized carbons (Fsp3) is 0.704. The summed E-state index contributed by atoms with van der Waals surface area (Å²) in [6.45, 7) is 7.19. The van der Waals surface area contributed by atoms with Gasteiger partial charge < -0.3 is 29.2 Å². The molecule has 0 bridgehead atoms. The van der Waals surface area contributed by atoms with Crippen molar-refractivity contribution in [3.05, 3.63) is 42.0 Å². The van der Waals surface area contributed by atoms with Crippen LogP contribution in [0.5, 0.6) is 5.75 Å².